The Morgan fingerprint density at radius 2 is 2.24 bits per heavy atom. The molecule has 3 aliphatic rings. The quantitative estimate of drug-likeness (QED) is 0.869. The molecule has 1 amide bonds. The van der Waals surface area contributed by atoms with Gasteiger partial charge in [-0.1, -0.05) is 0 Å². The number of nitrogens with zero attached hydrogens (tertiary/aromatic N) is 4. The minimum atomic E-state index is 0.131. The molecule has 7 heteroatoms. The van der Waals surface area contributed by atoms with Crippen LogP contribution >= 0.6 is 0 Å². The average molecular weight is 341 g/mol. The maximum absolute atomic E-state index is 13.1. The van der Waals surface area contributed by atoms with Crippen molar-refractivity contribution < 1.29 is 9.53 Å². The van der Waals surface area contributed by atoms with Crippen LogP contribution in [0.2, 0.25) is 0 Å². The Morgan fingerprint density at radius 3 is 3.12 bits per heavy atom. The second-order valence-electron chi connectivity index (χ2n) is 7.56. The molecule has 0 bridgehead atoms. The molecule has 0 aliphatic carbocycles. The normalized spacial score (nSPS) is 27.9. The van der Waals surface area contributed by atoms with E-state index >= 15 is 0 Å². The van der Waals surface area contributed by atoms with E-state index in [0.717, 1.165) is 50.1 Å². The first-order valence-electron chi connectivity index (χ1n) is 9.11. The second-order valence-corrected chi connectivity index (χ2v) is 7.56. The van der Waals surface area contributed by atoms with Crippen LogP contribution in [0.3, 0.4) is 0 Å². The summed E-state index contributed by atoms with van der Waals surface area (Å²) in [5.41, 5.74) is 0.998. The van der Waals surface area contributed by atoms with Crippen molar-refractivity contribution in [2.45, 2.75) is 25.4 Å². The van der Waals surface area contributed by atoms with Crippen molar-refractivity contribution in [1.29, 1.82) is 0 Å². The molecule has 1 N–H and O–H groups in total. The molecule has 2 atom stereocenters. The molecule has 3 aliphatic heterocycles. The Kier molecular flexibility index (Phi) is 3.53. The third kappa shape index (κ3) is 2.37. The predicted octanol–water partition coefficient (Wildman–Crippen LogP) is 0.658. The van der Waals surface area contributed by atoms with Gasteiger partial charge >= 0.3 is 0 Å². The molecule has 132 valence electrons. The highest BCUT2D eigenvalue weighted by atomic mass is 16.5. The van der Waals surface area contributed by atoms with Gasteiger partial charge in [-0.15, -0.1) is 0 Å². The van der Waals surface area contributed by atoms with Crippen LogP contribution in [0, 0.1) is 11.3 Å². The van der Waals surface area contributed by atoms with E-state index < -0.39 is 0 Å². The Bertz CT molecular complexity index is 798. The Morgan fingerprint density at radius 1 is 1.36 bits per heavy atom. The van der Waals surface area contributed by atoms with Crippen molar-refractivity contribution in [3.8, 4) is 0 Å². The number of carbonyl (C=O) groups is 1. The molecule has 1 spiro atoms. The first-order chi connectivity index (χ1) is 12.3. The topological polar surface area (TPSA) is 72.3 Å². The number of fused-ring (bicyclic) bond motifs is 3. The fraction of sp³-hybridized carbons (Fsp3) is 0.611. The summed E-state index contributed by atoms with van der Waals surface area (Å²) in [4.78, 5) is 19.5. The zero-order valence-electron chi connectivity index (χ0n) is 14.2. The van der Waals surface area contributed by atoms with E-state index in [1.807, 2.05) is 12.1 Å². The third-order valence-corrected chi connectivity index (χ3v) is 6.32. The number of aromatic nitrogens is 3. The van der Waals surface area contributed by atoms with E-state index in [0.29, 0.717) is 12.5 Å². The predicted molar refractivity (Wildman–Crippen MR) is 91.9 cm³/mol. The van der Waals surface area contributed by atoms with Crippen molar-refractivity contribution >= 4 is 16.9 Å². The number of hydrogen-bond acceptors (Lipinski definition) is 5. The van der Waals surface area contributed by atoms with Crippen molar-refractivity contribution in [2.24, 2.45) is 11.3 Å². The molecular formula is C18H23N5O2. The molecular weight excluding hydrogens is 318 g/mol. The van der Waals surface area contributed by atoms with Gasteiger partial charge < -0.3 is 15.0 Å². The lowest BCUT2D eigenvalue weighted by Gasteiger charge is -2.37. The van der Waals surface area contributed by atoms with Gasteiger partial charge in [0.25, 0.3) is 0 Å². The number of carbonyl (C=O) groups excluding carboxylic acids is 1. The smallest absolute Gasteiger partial charge is 0.244 e. The van der Waals surface area contributed by atoms with Crippen LogP contribution in [0.25, 0.3) is 11.0 Å². The van der Waals surface area contributed by atoms with E-state index in [1.54, 1.807) is 17.1 Å². The first-order valence-corrected chi connectivity index (χ1v) is 9.11. The van der Waals surface area contributed by atoms with Gasteiger partial charge in [0.2, 0.25) is 5.91 Å². The summed E-state index contributed by atoms with van der Waals surface area (Å²) < 4.78 is 7.49. The van der Waals surface area contributed by atoms with E-state index in [1.165, 1.54) is 0 Å². The lowest BCUT2D eigenvalue weighted by atomic mass is 9.70. The largest absolute Gasteiger partial charge is 0.379 e. The second kappa shape index (κ2) is 5.78. The van der Waals surface area contributed by atoms with Gasteiger partial charge in [0.05, 0.1) is 25.5 Å². The van der Waals surface area contributed by atoms with E-state index in [-0.39, 0.29) is 23.9 Å². The maximum Gasteiger partial charge on any atom is 0.244 e. The van der Waals surface area contributed by atoms with Crippen LogP contribution in [-0.2, 0) is 16.1 Å². The summed E-state index contributed by atoms with van der Waals surface area (Å²) >= 11 is 0. The van der Waals surface area contributed by atoms with E-state index in [4.69, 9.17) is 4.74 Å². The lowest BCUT2D eigenvalue weighted by Crippen LogP contribution is -2.43. The summed E-state index contributed by atoms with van der Waals surface area (Å²) in [5, 5.41) is 8.78. The summed E-state index contributed by atoms with van der Waals surface area (Å²) in [6.45, 7) is 4.65. The standard InChI is InChI=1S/C18H23N5O2/c24-16(9-23-17-13(8-21-23)2-1-5-20-17)22-12-18(3-6-19-7-4-18)14-10-25-11-15(14)22/h1-2,5,8,14-15,19H,3-4,6-7,9-12H2/t14-,15+/m0/s1. The van der Waals surface area contributed by atoms with Crippen LogP contribution in [0.1, 0.15) is 12.8 Å². The molecule has 0 unspecified atom stereocenters. The molecule has 2 aromatic rings. The van der Waals surface area contributed by atoms with Gasteiger partial charge in [-0.3, -0.25) is 4.79 Å². The zero-order valence-corrected chi connectivity index (χ0v) is 14.2. The minimum Gasteiger partial charge on any atom is -0.379 e. The van der Waals surface area contributed by atoms with E-state index in [9.17, 15) is 4.79 Å². The minimum absolute atomic E-state index is 0.131. The van der Waals surface area contributed by atoms with Crippen molar-refractivity contribution in [2.75, 3.05) is 32.8 Å². The number of likely N-dealkylation sites (tertiary alicyclic amines) is 1. The number of pyridine rings is 1. The number of hydrogen-bond donors (Lipinski definition) is 1. The molecule has 7 nitrogen and oxygen atoms in total. The summed E-state index contributed by atoms with van der Waals surface area (Å²) in [6, 6.07) is 4.08. The molecule has 3 fully saturated rings. The fourth-order valence-electron chi connectivity index (χ4n) is 4.98. The third-order valence-electron chi connectivity index (χ3n) is 6.32. The summed E-state index contributed by atoms with van der Waals surface area (Å²) in [5.74, 6) is 0.609. The van der Waals surface area contributed by atoms with E-state index in [2.05, 4.69) is 20.3 Å². The van der Waals surface area contributed by atoms with Crippen LogP contribution < -0.4 is 5.32 Å². The Labute approximate surface area is 146 Å². The molecule has 2 aromatic heterocycles. The van der Waals surface area contributed by atoms with Gasteiger partial charge in [0, 0.05) is 24.0 Å². The summed E-state index contributed by atoms with van der Waals surface area (Å²) in [7, 11) is 0. The number of nitrogens with one attached hydrogen (secondary N) is 1. The van der Waals surface area contributed by atoms with Gasteiger partial charge in [-0.25, -0.2) is 9.67 Å². The van der Waals surface area contributed by atoms with Crippen molar-refractivity contribution in [3.63, 3.8) is 0 Å². The Balaban J connectivity index is 1.40. The molecule has 0 saturated carbocycles. The molecule has 5 rings (SSSR count). The van der Waals surface area contributed by atoms with Crippen LogP contribution in [0.15, 0.2) is 24.5 Å². The highest BCUT2D eigenvalue weighted by Gasteiger charge is 2.56. The Hall–Kier alpha value is -1.99. The number of piperidine rings is 1. The van der Waals surface area contributed by atoms with Crippen molar-refractivity contribution in [3.05, 3.63) is 24.5 Å². The number of amides is 1. The van der Waals surface area contributed by atoms with Crippen LogP contribution in [0.4, 0.5) is 0 Å². The SMILES string of the molecule is O=C(Cn1ncc2cccnc21)N1CC2(CCNCC2)[C@H]2COC[C@H]21. The highest BCUT2D eigenvalue weighted by Crippen LogP contribution is 2.49. The van der Waals surface area contributed by atoms with Gasteiger partial charge in [0.15, 0.2) is 5.65 Å². The molecule has 0 aromatic carbocycles. The monoisotopic (exact) mass is 341 g/mol. The first kappa shape index (κ1) is 15.3. The maximum atomic E-state index is 13.1. The summed E-state index contributed by atoms with van der Waals surface area (Å²) in [6.07, 6.45) is 5.78. The molecule has 0 radical (unpaired) electrons. The highest BCUT2D eigenvalue weighted by molar-refractivity contribution is 5.80. The van der Waals surface area contributed by atoms with Crippen molar-refractivity contribution in [1.82, 2.24) is 25.0 Å². The van der Waals surface area contributed by atoms with Gasteiger partial charge in [-0.2, -0.15) is 5.10 Å². The van der Waals surface area contributed by atoms with Gasteiger partial charge in [0.1, 0.15) is 6.54 Å². The fourth-order valence-corrected chi connectivity index (χ4v) is 4.98. The van der Waals surface area contributed by atoms with Crippen LogP contribution in [-0.4, -0.2) is 64.5 Å². The number of ether oxygens (including phenoxy) is 1. The lowest BCUT2D eigenvalue weighted by molar-refractivity contribution is -0.133. The molecule has 25 heavy (non-hydrogen) atoms. The van der Waals surface area contributed by atoms with Crippen LogP contribution in [0.5, 0.6) is 0 Å². The zero-order chi connectivity index (χ0) is 16.9. The molecule has 3 saturated heterocycles. The van der Waals surface area contributed by atoms with Gasteiger partial charge in [-0.05, 0) is 43.5 Å². The average Bonchev–Trinajstić information content (AvgIpc) is 3.33. The molecule has 5 heterocycles. The number of rotatable bonds is 2.